The molecule has 0 aliphatic carbocycles. The summed E-state index contributed by atoms with van der Waals surface area (Å²) in [5, 5.41) is 5.21. The van der Waals surface area contributed by atoms with Gasteiger partial charge in [-0.2, -0.15) is 0 Å². The smallest absolute Gasteiger partial charge is 0.229 e. The molecule has 0 unspecified atom stereocenters. The number of nitrogens with one attached hydrogen (secondary N) is 2. The molecule has 0 fully saturated rings. The van der Waals surface area contributed by atoms with Crippen LogP contribution in [0.1, 0.15) is 27.2 Å². The molecule has 1 rings (SSSR count). The third-order valence-corrected chi connectivity index (χ3v) is 2.56. The summed E-state index contributed by atoms with van der Waals surface area (Å²) in [6.07, 6.45) is 0.128. The Hall–Kier alpha value is -1.95. The SMILES string of the molecule is CC(C)(C)C(=O)Nc1ccc(F)cc1NC(=O)CCN. The number of rotatable bonds is 4. The van der Waals surface area contributed by atoms with E-state index in [1.165, 1.54) is 12.1 Å². The molecule has 1 aromatic rings. The number of hydrogen-bond acceptors (Lipinski definition) is 3. The van der Waals surface area contributed by atoms with Crippen molar-refractivity contribution in [1.29, 1.82) is 0 Å². The first kappa shape index (κ1) is 16.1. The predicted molar refractivity (Wildman–Crippen MR) is 76.8 cm³/mol. The zero-order chi connectivity index (χ0) is 15.3. The number of nitrogens with two attached hydrogens (primary N) is 1. The van der Waals surface area contributed by atoms with Gasteiger partial charge in [-0.3, -0.25) is 9.59 Å². The van der Waals surface area contributed by atoms with E-state index in [9.17, 15) is 14.0 Å². The van der Waals surface area contributed by atoms with Crippen LogP contribution in [0.4, 0.5) is 15.8 Å². The molecule has 20 heavy (non-hydrogen) atoms. The van der Waals surface area contributed by atoms with E-state index in [1.54, 1.807) is 20.8 Å². The van der Waals surface area contributed by atoms with Crippen molar-refractivity contribution in [2.75, 3.05) is 17.2 Å². The van der Waals surface area contributed by atoms with Gasteiger partial charge in [-0.1, -0.05) is 20.8 Å². The van der Waals surface area contributed by atoms with Crippen molar-refractivity contribution in [1.82, 2.24) is 0 Å². The van der Waals surface area contributed by atoms with Crippen LogP contribution in [0.5, 0.6) is 0 Å². The van der Waals surface area contributed by atoms with Crippen LogP contribution in [0.2, 0.25) is 0 Å². The maximum Gasteiger partial charge on any atom is 0.229 e. The molecule has 5 nitrogen and oxygen atoms in total. The minimum atomic E-state index is -0.590. The van der Waals surface area contributed by atoms with E-state index in [0.717, 1.165) is 6.07 Å². The fourth-order valence-corrected chi connectivity index (χ4v) is 1.38. The monoisotopic (exact) mass is 281 g/mol. The van der Waals surface area contributed by atoms with Crippen LogP contribution in [0.15, 0.2) is 18.2 Å². The second-order valence-corrected chi connectivity index (χ2v) is 5.48. The van der Waals surface area contributed by atoms with Gasteiger partial charge in [0, 0.05) is 18.4 Å². The van der Waals surface area contributed by atoms with Crippen LogP contribution >= 0.6 is 0 Å². The largest absolute Gasteiger partial charge is 0.330 e. The number of benzene rings is 1. The normalized spacial score (nSPS) is 11.1. The minimum absolute atomic E-state index is 0.128. The summed E-state index contributed by atoms with van der Waals surface area (Å²) in [6.45, 7) is 5.49. The van der Waals surface area contributed by atoms with E-state index in [1.807, 2.05) is 0 Å². The van der Waals surface area contributed by atoms with Gasteiger partial charge in [0.1, 0.15) is 5.82 Å². The molecule has 0 bridgehead atoms. The van der Waals surface area contributed by atoms with Gasteiger partial charge in [0.25, 0.3) is 0 Å². The third kappa shape index (κ3) is 4.62. The number of anilines is 2. The molecule has 0 radical (unpaired) electrons. The molecule has 0 aliphatic rings. The number of halogens is 1. The van der Waals surface area contributed by atoms with Gasteiger partial charge in [0.2, 0.25) is 11.8 Å². The first-order valence-corrected chi connectivity index (χ1v) is 6.35. The summed E-state index contributed by atoms with van der Waals surface area (Å²) in [7, 11) is 0. The molecule has 0 atom stereocenters. The second-order valence-electron chi connectivity index (χ2n) is 5.48. The van der Waals surface area contributed by atoms with Crippen LogP contribution in [-0.4, -0.2) is 18.4 Å². The summed E-state index contributed by atoms with van der Waals surface area (Å²) in [5.74, 6) is -1.05. The van der Waals surface area contributed by atoms with Crippen molar-refractivity contribution < 1.29 is 14.0 Å². The van der Waals surface area contributed by atoms with Crippen LogP contribution in [0.25, 0.3) is 0 Å². The van der Waals surface area contributed by atoms with Crippen molar-refractivity contribution in [3.05, 3.63) is 24.0 Å². The zero-order valence-electron chi connectivity index (χ0n) is 11.9. The minimum Gasteiger partial charge on any atom is -0.330 e. The van der Waals surface area contributed by atoms with Crippen LogP contribution in [-0.2, 0) is 9.59 Å². The van der Waals surface area contributed by atoms with Crippen molar-refractivity contribution in [2.45, 2.75) is 27.2 Å². The predicted octanol–water partition coefficient (Wildman–Crippen LogP) is 2.10. The Balaban J connectivity index is 2.96. The summed E-state index contributed by atoms with van der Waals surface area (Å²) in [5.41, 5.74) is 5.28. The lowest BCUT2D eigenvalue weighted by Gasteiger charge is -2.19. The fourth-order valence-electron chi connectivity index (χ4n) is 1.38. The van der Waals surface area contributed by atoms with Crippen molar-refractivity contribution in [3.8, 4) is 0 Å². The molecular weight excluding hydrogens is 261 g/mol. The van der Waals surface area contributed by atoms with Crippen molar-refractivity contribution in [3.63, 3.8) is 0 Å². The van der Waals surface area contributed by atoms with E-state index in [2.05, 4.69) is 10.6 Å². The molecule has 0 heterocycles. The molecule has 0 saturated carbocycles. The summed E-state index contributed by atoms with van der Waals surface area (Å²) in [6, 6.07) is 3.79. The number of hydrogen-bond donors (Lipinski definition) is 3. The van der Waals surface area contributed by atoms with E-state index in [4.69, 9.17) is 5.73 Å². The Kier molecular flexibility index (Phi) is 5.21. The highest BCUT2D eigenvalue weighted by molar-refractivity contribution is 6.01. The van der Waals surface area contributed by atoms with E-state index in [-0.39, 0.29) is 30.5 Å². The van der Waals surface area contributed by atoms with E-state index >= 15 is 0 Å². The molecule has 110 valence electrons. The van der Waals surface area contributed by atoms with Crippen LogP contribution in [0, 0.1) is 11.2 Å². The third-order valence-electron chi connectivity index (χ3n) is 2.56. The average molecular weight is 281 g/mol. The molecule has 4 N–H and O–H groups in total. The quantitative estimate of drug-likeness (QED) is 0.790. The Morgan fingerprint density at radius 1 is 1.20 bits per heavy atom. The summed E-state index contributed by atoms with van der Waals surface area (Å²) >= 11 is 0. The standard InChI is InChI=1S/C14H20FN3O2/c1-14(2,3)13(20)18-10-5-4-9(15)8-11(10)17-12(19)6-7-16/h4-5,8H,6-7,16H2,1-3H3,(H,17,19)(H,18,20). The van der Waals surface area contributed by atoms with Gasteiger partial charge in [0.15, 0.2) is 0 Å². The average Bonchev–Trinajstić information content (AvgIpc) is 2.31. The first-order chi connectivity index (χ1) is 9.24. The van der Waals surface area contributed by atoms with Crippen LogP contribution in [0.3, 0.4) is 0 Å². The topological polar surface area (TPSA) is 84.2 Å². The van der Waals surface area contributed by atoms with Gasteiger partial charge in [-0.05, 0) is 18.2 Å². The van der Waals surface area contributed by atoms with Gasteiger partial charge >= 0.3 is 0 Å². The van der Waals surface area contributed by atoms with Gasteiger partial charge in [0.05, 0.1) is 11.4 Å². The van der Waals surface area contributed by atoms with Gasteiger partial charge in [-0.25, -0.2) is 4.39 Å². The Labute approximate surface area is 117 Å². The lowest BCUT2D eigenvalue weighted by atomic mass is 9.95. The highest BCUT2D eigenvalue weighted by atomic mass is 19.1. The fraction of sp³-hybridized carbons (Fsp3) is 0.429. The maximum atomic E-state index is 13.3. The number of carbonyl (C=O) groups excluding carboxylic acids is 2. The van der Waals surface area contributed by atoms with Gasteiger partial charge in [-0.15, -0.1) is 0 Å². The zero-order valence-corrected chi connectivity index (χ0v) is 11.9. The molecule has 0 saturated heterocycles. The molecule has 6 heteroatoms. The molecular formula is C14H20FN3O2. The molecule has 0 spiro atoms. The lowest BCUT2D eigenvalue weighted by molar-refractivity contribution is -0.123. The van der Waals surface area contributed by atoms with Crippen molar-refractivity contribution in [2.24, 2.45) is 11.1 Å². The molecule has 2 amide bonds. The highest BCUT2D eigenvalue weighted by Crippen LogP contribution is 2.25. The molecule has 0 aliphatic heterocycles. The Morgan fingerprint density at radius 3 is 2.40 bits per heavy atom. The molecule has 1 aromatic carbocycles. The maximum absolute atomic E-state index is 13.3. The Bertz CT molecular complexity index is 510. The highest BCUT2D eigenvalue weighted by Gasteiger charge is 2.22. The van der Waals surface area contributed by atoms with E-state index < -0.39 is 11.2 Å². The first-order valence-electron chi connectivity index (χ1n) is 6.35. The molecule has 0 aromatic heterocycles. The van der Waals surface area contributed by atoms with Crippen molar-refractivity contribution >= 4 is 23.2 Å². The number of carbonyl (C=O) groups is 2. The van der Waals surface area contributed by atoms with E-state index in [0.29, 0.717) is 5.69 Å². The second kappa shape index (κ2) is 6.47. The van der Waals surface area contributed by atoms with Crippen LogP contribution < -0.4 is 16.4 Å². The lowest BCUT2D eigenvalue weighted by Crippen LogP contribution is -2.28. The Morgan fingerprint density at radius 2 is 1.85 bits per heavy atom. The number of amides is 2. The summed E-state index contributed by atoms with van der Waals surface area (Å²) < 4.78 is 13.3. The summed E-state index contributed by atoms with van der Waals surface area (Å²) in [4.78, 5) is 23.5. The van der Waals surface area contributed by atoms with Gasteiger partial charge < -0.3 is 16.4 Å².